The Balaban J connectivity index is 2.71. The fourth-order valence-electron chi connectivity index (χ4n) is 1.74. The molecule has 2 amide bonds. The summed E-state index contributed by atoms with van der Waals surface area (Å²) < 4.78 is 26.1. The van der Waals surface area contributed by atoms with Crippen LogP contribution >= 0.6 is 0 Å². The molecule has 0 bridgehead atoms. The molecule has 21 heavy (non-hydrogen) atoms. The highest BCUT2D eigenvalue weighted by molar-refractivity contribution is 5.97. The normalized spacial score (nSPS) is 10.6. The third-order valence-corrected chi connectivity index (χ3v) is 2.94. The van der Waals surface area contributed by atoms with Gasteiger partial charge in [-0.2, -0.15) is 0 Å². The molecule has 0 saturated carbocycles. The van der Waals surface area contributed by atoms with Gasteiger partial charge in [0.05, 0.1) is 0 Å². The third kappa shape index (κ3) is 5.49. The number of hydrogen-bond acceptors (Lipinski definition) is 2. The van der Waals surface area contributed by atoms with Crippen molar-refractivity contribution in [2.75, 3.05) is 18.0 Å². The van der Waals surface area contributed by atoms with Gasteiger partial charge >= 0.3 is 0 Å². The molecule has 0 atom stereocenters. The van der Waals surface area contributed by atoms with Gasteiger partial charge < -0.3 is 10.2 Å². The van der Waals surface area contributed by atoms with Crippen LogP contribution in [0, 0.1) is 17.6 Å². The van der Waals surface area contributed by atoms with E-state index in [-0.39, 0.29) is 18.1 Å². The highest BCUT2D eigenvalue weighted by atomic mass is 19.2. The summed E-state index contributed by atoms with van der Waals surface area (Å²) in [6.07, 6.45) is 0.830. The number of nitrogens with one attached hydrogen (secondary N) is 1. The molecule has 1 rings (SSSR count). The molecule has 0 aliphatic carbocycles. The molecule has 116 valence electrons. The van der Waals surface area contributed by atoms with E-state index in [2.05, 4.69) is 5.32 Å². The van der Waals surface area contributed by atoms with E-state index in [4.69, 9.17) is 0 Å². The summed E-state index contributed by atoms with van der Waals surface area (Å²) in [5.74, 6) is -2.35. The number of hydrogen-bond donors (Lipinski definition) is 1. The standard InChI is InChI=1S/C15H20F2N2O2/c1-10(2)6-7-18-15(21)9-19(11(3)20)12-4-5-13(16)14(17)8-12/h4-5,8,10H,6-7,9H2,1-3H3,(H,18,21). The van der Waals surface area contributed by atoms with E-state index in [0.29, 0.717) is 12.5 Å². The first-order valence-corrected chi connectivity index (χ1v) is 6.81. The average molecular weight is 298 g/mol. The largest absolute Gasteiger partial charge is 0.355 e. The monoisotopic (exact) mass is 298 g/mol. The van der Waals surface area contributed by atoms with Crippen LogP contribution in [0.4, 0.5) is 14.5 Å². The van der Waals surface area contributed by atoms with Crippen LogP contribution in [0.15, 0.2) is 18.2 Å². The molecular formula is C15H20F2N2O2. The number of rotatable bonds is 6. The molecule has 0 aromatic heterocycles. The number of nitrogens with zero attached hydrogens (tertiary/aromatic N) is 1. The summed E-state index contributed by atoms with van der Waals surface area (Å²) in [4.78, 5) is 24.5. The van der Waals surface area contributed by atoms with Crippen molar-refractivity contribution in [1.29, 1.82) is 0 Å². The van der Waals surface area contributed by atoms with Crippen molar-refractivity contribution < 1.29 is 18.4 Å². The maximum Gasteiger partial charge on any atom is 0.240 e. The van der Waals surface area contributed by atoms with Crippen molar-refractivity contribution in [2.45, 2.75) is 27.2 Å². The highest BCUT2D eigenvalue weighted by Gasteiger charge is 2.17. The van der Waals surface area contributed by atoms with E-state index >= 15 is 0 Å². The van der Waals surface area contributed by atoms with Crippen LogP contribution in [0.5, 0.6) is 0 Å². The molecule has 0 unspecified atom stereocenters. The van der Waals surface area contributed by atoms with Crippen LogP contribution in [0.2, 0.25) is 0 Å². The zero-order chi connectivity index (χ0) is 16.0. The summed E-state index contributed by atoms with van der Waals surface area (Å²) in [7, 11) is 0. The summed E-state index contributed by atoms with van der Waals surface area (Å²) in [6, 6.07) is 3.09. The van der Waals surface area contributed by atoms with Crippen LogP contribution in [0.1, 0.15) is 27.2 Å². The van der Waals surface area contributed by atoms with Gasteiger partial charge in [-0.05, 0) is 24.5 Å². The lowest BCUT2D eigenvalue weighted by Gasteiger charge is -2.21. The molecule has 0 radical (unpaired) electrons. The Kier molecular flexibility index (Phi) is 6.27. The Morgan fingerprint density at radius 1 is 1.24 bits per heavy atom. The van der Waals surface area contributed by atoms with Gasteiger partial charge in [0.15, 0.2) is 11.6 Å². The average Bonchev–Trinajstić information content (AvgIpc) is 2.38. The Morgan fingerprint density at radius 2 is 1.90 bits per heavy atom. The fourth-order valence-corrected chi connectivity index (χ4v) is 1.74. The van der Waals surface area contributed by atoms with Gasteiger partial charge in [-0.3, -0.25) is 9.59 Å². The fraction of sp³-hybridized carbons (Fsp3) is 0.467. The molecule has 0 saturated heterocycles. The second-order valence-corrected chi connectivity index (χ2v) is 5.24. The van der Waals surface area contributed by atoms with Crippen LogP contribution in [-0.2, 0) is 9.59 Å². The van der Waals surface area contributed by atoms with Crippen molar-refractivity contribution in [2.24, 2.45) is 5.92 Å². The Hall–Kier alpha value is -1.98. The quantitative estimate of drug-likeness (QED) is 0.877. The zero-order valence-electron chi connectivity index (χ0n) is 12.5. The van der Waals surface area contributed by atoms with E-state index in [9.17, 15) is 18.4 Å². The number of carbonyl (C=O) groups excluding carboxylic acids is 2. The smallest absolute Gasteiger partial charge is 0.240 e. The summed E-state index contributed by atoms with van der Waals surface area (Å²) in [6.45, 7) is 5.63. The molecule has 6 heteroatoms. The number of anilines is 1. The highest BCUT2D eigenvalue weighted by Crippen LogP contribution is 2.18. The van der Waals surface area contributed by atoms with E-state index in [0.717, 1.165) is 23.5 Å². The number of benzene rings is 1. The second kappa shape index (κ2) is 7.71. The molecule has 0 aliphatic heterocycles. The number of amides is 2. The lowest BCUT2D eigenvalue weighted by atomic mass is 10.1. The molecule has 1 N–H and O–H groups in total. The molecule has 0 spiro atoms. The molecular weight excluding hydrogens is 278 g/mol. The SMILES string of the molecule is CC(=O)N(CC(=O)NCCC(C)C)c1ccc(F)c(F)c1. The minimum absolute atomic E-state index is 0.153. The van der Waals surface area contributed by atoms with Gasteiger partial charge in [-0.1, -0.05) is 13.8 Å². The Morgan fingerprint density at radius 3 is 2.43 bits per heavy atom. The maximum absolute atomic E-state index is 13.2. The van der Waals surface area contributed by atoms with E-state index < -0.39 is 17.5 Å². The predicted molar refractivity (Wildman–Crippen MR) is 76.8 cm³/mol. The molecule has 0 heterocycles. The van der Waals surface area contributed by atoms with Gasteiger partial charge in [-0.25, -0.2) is 8.78 Å². The number of halogens is 2. The van der Waals surface area contributed by atoms with Crippen LogP contribution in [-0.4, -0.2) is 24.9 Å². The first-order valence-electron chi connectivity index (χ1n) is 6.81. The van der Waals surface area contributed by atoms with Crippen molar-refractivity contribution in [3.63, 3.8) is 0 Å². The van der Waals surface area contributed by atoms with Crippen molar-refractivity contribution in [3.05, 3.63) is 29.8 Å². The Labute approximate surface area is 123 Å². The first-order chi connectivity index (χ1) is 9.81. The zero-order valence-corrected chi connectivity index (χ0v) is 12.5. The van der Waals surface area contributed by atoms with Crippen LogP contribution < -0.4 is 10.2 Å². The molecule has 0 aliphatic rings. The maximum atomic E-state index is 13.2. The van der Waals surface area contributed by atoms with Crippen molar-refractivity contribution >= 4 is 17.5 Å². The van der Waals surface area contributed by atoms with Crippen LogP contribution in [0.25, 0.3) is 0 Å². The van der Waals surface area contributed by atoms with E-state index in [1.165, 1.54) is 13.0 Å². The van der Waals surface area contributed by atoms with E-state index in [1.807, 2.05) is 13.8 Å². The summed E-state index contributed by atoms with van der Waals surface area (Å²) >= 11 is 0. The van der Waals surface area contributed by atoms with Gasteiger partial charge in [0.2, 0.25) is 11.8 Å². The topological polar surface area (TPSA) is 49.4 Å². The van der Waals surface area contributed by atoms with Gasteiger partial charge in [0.1, 0.15) is 6.54 Å². The predicted octanol–water partition coefficient (Wildman–Crippen LogP) is 2.48. The van der Waals surface area contributed by atoms with Crippen LogP contribution in [0.3, 0.4) is 0 Å². The lowest BCUT2D eigenvalue weighted by Crippen LogP contribution is -2.40. The van der Waals surface area contributed by atoms with Gasteiger partial charge in [0, 0.05) is 25.2 Å². The Bertz CT molecular complexity index is 518. The summed E-state index contributed by atoms with van der Waals surface area (Å²) in [5.41, 5.74) is 0.153. The van der Waals surface area contributed by atoms with Gasteiger partial charge in [0.25, 0.3) is 0 Å². The van der Waals surface area contributed by atoms with E-state index in [1.54, 1.807) is 0 Å². The van der Waals surface area contributed by atoms with Crippen molar-refractivity contribution in [1.82, 2.24) is 5.32 Å². The first kappa shape index (κ1) is 17.1. The lowest BCUT2D eigenvalue weighted by molar-refractivity contribution is -0.123. The molecule has 1 aromatic carbocycles. The third-order valence-electron chi connectivity index (χ3n) is 2.94. The van der Waals surface area contributed by atoms with Gasteiger partial charge in [-0.15, -0.1) is 0 Å². The molecule has 4 nitrogen and oxygen atoms in total. The second-order valence-electron chi connectivity index (χ2n) is 5.24. The number of carbonyl (C=O) groups is 2. The molecule has 0 fully saturated rings. The van der Waals surface area contributed by atoms with Crippen molar-refractivity contribution in [3.8, 4) is 0 Å². The minimum atomic E-state index is -1.06. The molecule has 1 aromatic rings. The summed E-state index contributed by atoms with van der Waals surface area (Å²) in [5, 5.41) is 2.69. The minimum Gasteiger partial charge on any atom is -0.355 e.